The van der Waals surface area contributed by atoms with Gasteiger partial charge in [-0.2, -0.15) is 0 Å². The summed E-state index contributed by atoms with van der Waals surface area (Å²) in [7, 11) is 0. The molecule has 0 spiro atoms. The molecule has 3 rings (SSSR count). The molecule has 0 radical (unpaired) electrons. The van der Waals surface area contributed by atoms with Crippen LogP contribution < -0.4 is 5.32 Å². The molecule has 11 nitrogen and oxygen atoms in total. The van der Waals surface area contributed by atoms with Gasteiger partial charge in [0.2, 0.25) is 11.8 Å². The number of rotatable bonds is 7. The Morgan fingerprint density at radius 1 is 1.12 bits per heavy atom. The van der Waals surface area contributed by atoms with Crippen molar-refractivity contribution in [3.05, 3.63) is 35.9 Å². The molecule has 2 saturated heterocycles. The molecule has 2 fully saturated rings. The third kappa shape index (κ3) is 6.13. The van der Waals surface area contributed by atoms with Gasteiger partial charge >= 0.3 is 6.09 Å². The van der Waals surface area contributed by atoms with Crippen LogP contribution in [0.1, 0.15) is 25.3 Å². The Hall–Kier alpha value is -3.34. The average molecular weight is 460 g/mol. The van der Waals surface area contributed by atoms with Gasteiger partial charge in [-0.15, -0.1) is 5.11 Å². The van der Waals surface area contributed by atoms with Gasteiger partial charge in [-0.1, -0.05) is 30.3 Å². The van der Waals surface area contributed by atoms with Crippen molar-refractivity contribution < 1.29 is 29.0 Å². The van der Waals surface area contributed by atoms with Crippen LogP contribution in [-0.4, -0.2) is 77.0 Å². The molecule has 11 heteroatoms. The lowest BCUT2D eigenvalue weighted by Gasteiger charge is -2.26. The summed E-state index contributed by atoms with van der Waals surface area (Å²) in [6.45, 7) is 2.56. The predicted octanol–water partition coefficient (Wildman–Crippen LogP) is 0.917. The van der Waals surface area contributed by atoms with Crippen molar-refractivity contribution in [3.63, 3.8) is 0 Å². The molecule has 3 N–H and O–H groups in total. The van der Waals surface area contributed by atoms with Gasteiger partial charge in [0.25, 0.3) is 5.91 Å². The Labute approximate surface area is 191 Å². The van der Waals surface area contributed by atoms with Gasteiger partial charge in [-0.3, -0.25) is 14.4 Å². The molecule has 33 heavy (non-hydrogen) atoms. The van der Waals surface area contributed by atoms with Crippen molar-refractivity contribution in [2.45, 2.75) is 38.5 Å². The van der Waals surface area contributed by atoms with Gasteiger partial charge in [0.15, 0.2) is 0 Å². The highest BCUT2D eigenvalue weighted by molar-refractivity contribution is 5.88. The highest BCUT2D eigenvalue weighted by atomic mass is 16.5. The third-order valence-corrected chi connectivity index (χ3v) is 6.04. The number of benzene rings is 1. The van der Waals surface area contributed by atoms with Crippen LogP contribution in [0.5, 0.6) is 0 Å². The van der Waals surface area contributed by atoms with E-state index in [-0.39, 0.29) is 25.6 Å². The van der Waals surface area contributed by atoms with Gasteiger partial charge in [0.1, 0.15) is 12.6 Å². The number of ether oxygens (including phenoxy) is 1. The minimum atomic E-state index is -1.20. The van der Waals surface area contributed by atoms with E-state index in [0.717, 1.165) is 5.56 Å². The summed E-state index contributed by atoms with van der Waals surface area (Å²) in [4.78, 5) is 52.6. The van der Waals surface area contributed by atoms with E-state index in [9.17, 15) is 24.3 Å². The zero-order chi connectivity index (χ0) is 24.0. The van der Waals surface area contributed by atoms with E-state index in [2.05, 4.69) is 10.4 Å². The van der Waals surface area contributed by atoms with Gasteiger partial charge < -0.3 is 25.0 Å². The number of aliphatic hydroxyl groups is 1. The lowest BCUT2D eigenvalue weighted by atomic mass is 10.1. The van der Waals surface area contributed by atoms with Crippen molar-refractivity contribution >= 4 is 23.8 Å². The molecule has 2 heterocycles. The van der Waals surface area contributed by atoms with Crippen molar-refractivity contribution in [2.24, 2.45) is 17.0 Å². The van der Waals surface area contributed by atoms with E-state index in [1.165, 1.54) is 11.8 Å². The Balaban J connectivity index is 1.52. The summed E-state index contributed by atoms with van der Waals surface area (Å²) in [5, 5.41) is 15.4. The maximum Gasteiger partial charge on any atom is 0.408 e. The minimum Gasteiger partial charge on any atom is -0.445 e. The highest BCUT2D eigenvalue weighted by Crippen LogP contribution is 2.25. The number of carbonyl (C=O) groups is 4. The summed E-state index contributed by atoms with van der Waals surface area (Å²) in [5.74, 6) is -2.03. The minimum absolute atomic E-state index is 0.0283. The van der Waals surface area contributed by atoms with Crippen LogP contribution in [0.4, 0.5) is 4.79 Å². The lowest BCUT2D eigenvalue weighted by Crippen LogP contribution is -2.53. The van der Waals surface area contributed by atoms with E-state index < -0.39 is 41.9 Å². The van der Waals surface area contributed by atoms with Gasteiger partial charge in [0.05, 0.1) is 17.9 Å². The topological polar surface area (TPSA) is 152 Å². The summed E-state index contributed by atoms with van der Waals surface area (Å²) in [6.07, 6.45) is -1.05. The molecule has 1 aromatic carbocycles. The van der Waals surface area contributed by atoms with Gasteiger partial charge in [0, 0.05) is 26.2 Å². The largest absolute Gasteiger partial charge is 0.445 e. The van der Waals surface area contributed by atoms with Gasteiger partial charge in [-0.25, -0.2) is 10.3 Å². The normalized spacial score (nSPS) is 21.9. The molecule has 0 unspecified atom stereocenters. The van der Waals surface area contributed by atoms with Gasteiger partial charge in [-0.05, 0) is 25.3 Å². The van der Waals surface area contributed by atoms with E-state index in [1.54, 1.807) is 17.0 Å². The first-order valence-electron chi connectivity index (χ1n) is 10.9. The number of nitrogens with zero attached hydrogens (tertiary/aromatic N) is 3. The molecule has 2 aliphatic rings. The molecule has 0 bridgehead atoms. The van der Waals surface area contributed by atoms with Crippen LogP contribution in [0.15, 0.2) is 35.4 Å². The summed E-state index contributed by atoms with van der Waals surface area (Å²) < 4.78 is 5.15. The van der Waals surface area contributed by atoms with Crippen LogP contribution in [0, 0.1) is 17.4 Å². The van der Waals surface area contributed by atoms with Crippen LogP contribution in [0.25, 0.3) is 0 Å². The average Bonchev–Trinajstić information content (AvgIpc) is 3.51. The van der Waals surface area contributed by atoms with Crippen LogP contribution in [0.3, 0.4) is 0 Å². The first kappa shape index (κ1) is 24.3. The fourth-order valence-electron chi connectivity index (χ4n) is 4.15. The maximum atomic E-state index is 13.0. The second-order valence-corrected chi connectivity index (χ2v) is 8.41. The number of likely N-dealkylation sites (tertiary alicyclic amines) is 2. The molecule has 178 valence electrons. The van der Waals surface area contributed by atoms with Crippen molar-refractivity contribution in [2.75, 3.05) is 26.2 Å². The van der Waals surface area contributed by atoms with Crippen LogP contribution in [-0.2, 0) is 25.7 Å². The van der Waals surface area contributed by atoms with E-state index in [4.69, 9.17) is 10.3 Å². The fraction of sp³-hybridized carbons (Fsp3) is 0.545. The zero-order valence-electron chi connectivity index (χ0n) is 18.5. The van der Waals surface area contributed by atoms with E-state index >= 15 is 0 Å². The zero-order valence-corrected chi connectivity index (χ0v) is 18.5. The maximum absolute atomic E-state index is 13.0. The number of amides is 4. The molecule has 0 saturated carbocycles. The van der Waals surface area contributed by atoms with Crippen LogP contribution in [0.2, 0.25) is 0 Å². The molecule has 1 aromatic rings. The Morgan fingerprint density at radius 2 is 1.76 bits per heavy atom. The number of nitrogens with one attached hydrogen (secondary N) is 2. The summed E-state index contributed by atoms with van der Waals surface area (Å²) >= 11 is 0. The first-order valence-corrected chi connectivity index (χ1v) is 10.9. The molecular weight excluding hydrogens is 430 g/mol. The summed E-state index contributed by atoms with van der Waals surface area (Å²) in [5.41, 5.74) is 7.64. The fourth-order valence-corrected chi connectivity index (χ4v) is 4.15. The van der Waals surface area contributed by atoms with Crippen LogP contribution >= 0.6 is 0 Å². The molecule has 2 aliphatic heterocycles. The third-order valence-electron chi connectivity index (χ3n) is 6.04. The number of hydrogen-bond acceptors (Lipinski definition) is 7. The molecular formula is C22H29N5O6. The number of alkyl carbamates (subject to hydrolysis) is 1. The molecule has 4 atom stereocenters. The SMILES string of the molecule is C[C@@H](O)[C@H](NC(=O)OCc1ccccc1)C(=O)N1CC[C@H](C(=O)N2CC[C@H](C(=O)N=N)C2)C1. The molecule has 0 aliphatic carbocycles. The van der Waals surface area contributed by atoms with Crippen molar-refractivity contribution in [1.29, 1.82) is 5.53 Å². The lowest BCUT2D eigenvalue weighted by molar-refractivity contribution is -0.136. The number of aliphatic hydroxyl groups excluding tert-OH is 1. The number of hydrogen-bond donors (Lipinski definition) is 3. The molecule has 4 amide bonds. The second kappa shape index (κ2) is 11.0. The Morgan fingerprint density at radius 3 is 2.42 bits per heavy atom. The Kier molecular flexibility index (Phi) is 8.10. The van der Waals surface area contributed by atoms with E-state index in [1.807, 2.05) is 18.2 Å². The number of carbonyl (C=O) groups excluding carboxylic acids is 4. The first-order chi connectivity index (χ1) is 15.8. The second-order valence-electron chi connectivity index (χ2n) is 8.41. The van der Waals surface area contributed by atoms with Crippen molar-refractivity contribution in [1.82, 2.24) is 15.1 Å². The quantitative estimate of drug-likeness (QED) is 0.516. The standard InChI is InChI=1S/C22H29N5O6/c1-14(28)18(24-22(32)33-13-15-5-3-2-4-6-15)21(31)27-10-8-17(12-27)20(30)26-9-7-16(11-26)19(29)25-23/h2-6,14,16-18,23,28H,7-13H2,1H3,(H,24,32)/t14-,16+,17+,18+/m1/s1. The Bertz CT molecular complexity index is 893. The van der Waals surface area contributed by atoms with E-state index in [0.29, 0.717) is 25.9 Å². The molecule has 0 aromatic heterocycles. The summed E-state index contributed by atoms with van der Waals surface area (Å²) in [6, 6.07) is 7.87. The highest BCUT2D eigenvalue weighted by Gasteiger charge is 2.40. The van der Waals surface area contributed by atoms with Crippen molar-refractivity contribution in [3.8, 4) is 0 Å². The monoisotopic (exact) mass is 459 g/mol. The predicted molar refractivity (Wildman–Crippen MR) is 115 cm³/mol. The smallest absolute Gasteiger partial charge is 0.408 e.